The fourth-order valence-corrected chi connectivity index (χ4v) is 1.99. The molecule has 6 nitrogen and oxygen atoms in total. The zero-order chi connectivity index (χ0) is 12.8. The van der Waals surface area contributed by atoms with Gasteiger partial charge in [-0.2, -0.15) is 4.98 Å². The molecule has 2 N–H and O–H groups in total. The number of hydrogen-bond donors (Lipinski definition) is 2. The lowest BCUT2D eigenvalue weighted by atomic mass is 10.2. The van der Waals surface area contributed by atoms with Gasteiger partial charge in [0.2, 0.25) is 5.95 Å². The number of nitrogens with zero attached hydrogens (tertiary/aromatic N) is 3. The van der Waals surface area contributed by atoms with E-state index in [2.05, 4.69) is 32.4 Å². The lowest BCUT2D eigenvalue weighted by molar-refractivity contribution is -0.0192. The van der Waals surface area contributed by atoms with Crippen LogP contribution in [0.15, 0.2) is 12.3 Å². The zero-order valence-electron chi connectivity index (χ0n) is 11.0. The van der Waals surface area contributed by atoms with Crippen molar-refractivity contribution in [2.45, 2.75) is 13.0 Å². The summed E-state index contributed by atoms with van der Waals surface area (Å²) < 4.78 is 5.73. The van der Waals surface area contributed by atoms with Crippen LogP contribution in [0, 0.1) is 0 Å². The van der Waals surface area contributed by atoms with E-state index in [9.17, 15) is 0 Å². The predicted octanol–water partition coefficient (Wildman–Crippen LogP) is 0.651. The number of rotatable bonds is 5. The van der Waals surface area contributed by atoms with Gasteiger partial charge in [0.15, 0.2) is 0 Å². The predicted molar refractivity (Wildman–Crippen MR) is 71.9 cm³/mol. The van der Waals surface area contributed by atoms with Crippen molar-refractivity contribution in [3.63, 3.8) is 0 Å². The third-order valence-electron chi connectivity index (χ3n) is 3.06. The van der Waals surface area contributed by atoms with E-state index in [-0.39, 0.29) is 6.10 Å². The molecule has 1 aliphatic rings. The van der Waals surface area contributed by atoms with Crippen LogP contribution < -0.4 is 10.6 Å². The third-order valence-corrected chi connectivity index (χ3v) is 3.06. The van der Waals surface area contributed by atoms with Crippen molar-refractivity contribution < 1.29 is 4.74 Å². The molecule has 1 saturated heterocycles. The first-order valence-electron chi connectivity index (χ1n) is 6.40. The highest BCUT2D eigenvalue weighted by Gasteiger charge is 2.18. The average molecular weight is 251 g/mol. The highest BCUT2D eigenvalue weighted by atomic mass is 16.5. The van der Waals surface area contributed by atoms with E-state index in [1.807, 2.05) is 13.1 Å². The zero-order valence-corrected chi connectivity index (χ0v) is 11.0. The molecule has 2 rings (SSSR count). The van der Waals surface area contributed by atoms with Crippen molar-refractivity contribution in [1.29, 1.82) is 0 Å². The van der Waals surface area contributed by atoms with Crippen molar-refractivity contribution >= 4 is 11.8 Å². The van der Waals surface area contributed by atoms with Crippen molar-refractivity contribution in [1.82, 2.24) is 14.9 Å². The molecule has 0 radical (unpaired) electrons. The summed E-state index contributed by atoms with van der Waals surface area (Å²) in [6.45, 7) is 6.86. The van der Waals surface area contributed by atoms with E-state index in [0.29, 0.717) is 5.95 Å². The number of nitrogens with one attached hydrogen (secondary N) is 2. The minimum atomic E-state index is 0.228. The van der Waals surface area contributed by atoms with E-state index < -0.39 is 0 Å². The second-order valence-corrected chi connectivity index (χ2v) is 4.28. The Kier molecular flexibility index (Phi) is 4.72. The largest absolute Gasteiger partial charge is 0.374 e. The molecule has 18 heavy (non-hydrogen) atoms. The van der Waals surface area contributed by atoms with Gasteiger partial charge in [-0.25, -0.2) is 4.98 Å². The molecule has 2 heterocycles. The maximum absolute atomic E-state index is 5.73. The Labute approximate surface area is 108 Å². The topological polar surface area (TPSA) is 62.3 Å². The van der Waals surface area contributed by atoms with E-state index in [0.717, 1.165) is 38.6 Å². The molecule has 0 spiro atoms. The Bertz CT molecular complexity index is 373. The quantitative estimate of drug-likeness (QED) is 0.801. The van der Waals surface area contributed by atoms with Crippen LogP contribution in [0.1, 0.15) is 6.92 Å². The molecule has 0 aliphatic carbocycles. The summed E-state index contributed by atoms with van der Waals surface area (Å²) in [7, 11) is 1.81. The summed E-state index contributed by atoms with van der Waals surface area (Å²) in [5, 5.41) is 6.21. The normalized spacial score (nSPS) is 20.7. The molecule has 0 amide bonds. The minimum absolute atomic E-state index is 0.228. The van der Waals surface area contributed by atoms with Crippen LogP contribution in [-0.4, -0.2) is 60.8 Å². The van der Waals surface area contributed by atoms with Crippen LogP contribution in [-0.2, 0) is 4.74 Å². The number of anilines is 2. The lowest BCUT2D eigenvalue weighted by Gasteiger charge is -2.32. The number of ether oxygens (including phenoxy) is 1. The summed E-state index contributed by atoms with van der Waals surface area (Å²) in [4.78, 5) is 10.8. The Morgan fingerprint density at radius 3 is 3.22 bits per heavy atom. The molecule has 1 aromatic rings. The Balaban J connectivity index is 1.83. The van der Waals surface area contributed by atoms with Crippen LogP contribution in [0.3, 0.4) is 0 Å². The Morgan fingerprint density at radius 2 is 2.44 bits per heavy atom. The van der Waals surface area contributed by atoms with Gasteiger partial charge in [0.25, 0.3) is 0 Å². The van der Waals surface area contributed by atoms with Crippen LogP contribution >= 0.6 is 0 Å². The fraction of sp³-hybridized carbons (Fsp3) is 0.667. The van der Waals surface area contributed by atoms with Crippen molar-refractivity contribution in [3.05, 3.63) is 12.3 Å². The molecule has 100 valence electrons. The van der Waals surface area contributed by atoms with Crippen LogP contribution in [0.25, 0.3) is 0 Å². The van der Waals surface area contributed by atoms with Crippen LogP contribution in [0.5, 0.6) is 0 Å². The smallest absolute Gasteiger partial charge is 0.224 e. The number of hydrogen-bond acceptors (Lipinski definition) is 6. The maximum Gasteiger partial charge on any atom is 0.224 e. The van der Waals surface area contributed by atoms with Crippen molar-refractivity contribution in [2.75, 3.05) is 50.5 Å². The molecule has 0 bridgehead atoms. The molecule has 1 aliphatic heterocycles. The summed E-state index contributed by atoms with van der Waals surface area (Å²) in [5.41, 5.74) is 0. The molecule has 1 unspecified atom stereocenters. The molecular formula is C12H21N5O. The molecule has 0 saturated carbocycles. The first-order valence-corrected chi connectivity index (χ1v) is 6.40. The number of aromatic nitrogens is 2. The van der Waals surface area contributed by atoms with Gasteiger partial charge in [0, 0.05) is 32.9 Å². The summed E-state index contributed by atoms with van der Waals surface area (Å²) >= 11 is 0. The summed E-state index contributed by atoms with van der Waals surface area (Å²) in [6, 6.07) is 1.86. The Hall–Kier alpha value is -1.40. The van der Waals surface area contributed by atoms with Gasteiger partial charge in [-0.3, -0.25) is 4.90 Å². The monoisotopic (exact) mass is 251 g/mol. The van der Waals surface area contributed by atoms with E-state index in [1.54, 1.807) is 6.20 Å². The van der Waals surface area contributed by atoms with Crippen LogP contribution in [0.2, 0.25) is 0 Å². The fourth-order valence-electron chi connectivity index (χ4n) is 1.99. The second kappa shape index (κ2) is 6.51. The van der Waals surface area contributed by atoms with E-state index in [1.165, 1.54) is 0 Å². The van der Waals surface area contributed by atoms with Gasteiger partial charge in [0.05, 0.1) is 12.7 Å². The second-order valence-electron chi connectivity index (χ2n) is 4.28. The molecule has 1 fully saturated rings. The van der Waals surface area contributed by atoms with Gasteiger partial charge in [-0.05, 0) is 12.6 Å². The molecule has 6 heteroatoms. The van der Waals surface area contributed by atoms with E-state index >= 15 is 0 Å². The average Bonchev–Trinajstić information content (AvgIpc) is 2.45. The maximum atomic E-state index is 5.73. The molecule has 1 atom stereocenters. The standard InChI is InChI=1S/C12H21N5O/c1-3-17-6-7-18-10(9-17)8-15-11-4-5-14-12(13-2)16-11/h4-5,10H,3,6-9H2,1-2H3,(H2,13,14,15,16). The first-order chi connectivity index (χ1) is 8.81. The van der Waals surface area contributed by atoms with Crippen molar-refractivity contribution in [3.8, 4) is 0 Å². The Morgan fingerprint density at radius 1 is 1.56 bits per heavy atom. The minimum Gasteiger partial charge on any atom is -0.374 e. The van der Waals surface area contributed by atoms with Gasteiger partial charge in [-0.1, -0.05) is 6.92 Å². The van der Waals surface area contributed by atoms with Crippen LogP contribution in [0.4, 0.5) is 11.8 Å². The van der Waals surface area contributed by atoms with Gasteiger partial charge in [-0.15, -0.1) is 0 Å². The molecule has 1 aromatic heterocycles. The SMILES string of the molecule is CCN1CCOC(CNc2ccnc(NC)n2)C1. The highest BCUT2D eigenvalue weighted by molar-refractivity contribution is 5.39. The first kappa shape index (κ1) is 13.0. The molecular weight excluding hydrogens is 230 g/mol. The van der Waals surface area contributed by atoms with Gasteiger partial charge in [0.1, 0.15) is 5.82 Å². The number of likely N-dealkylation sites (N-methyl/N-ethyl adjacent to an activating group) is 1. The number of morpholine rings is 1. The summed E-state index contributed by atoms with van der Waals surface area (Å²) in [6.07, 6.45) is 1.97. The molecule has 0 aromatic carbocycles. The highest BCUT2D eigenvalue weighted by Crippen LogP contribution is 2.08. The van der Waals surface area contributed by atoms with Gasteiger partial charge < -0.3 is 15.4 Å². The lowest BCUT2D eigenvalue weighted by Crippen LogP contribution is -2.45. The van der Waals surface area contributed by atoms with E-state index in [4.69, 9.17) is 4.74 Å². The summed E-state index contributed by atoms with van der Waals surface area (Å²) in [5.74, 6) is 1.45. The van der Waals surface area contributed by atoms with Gasteiger partial charge >= 0.3 is 0 Å². The van der Waals surface area contributed by atoms with Crippen molar-refractivity contribution in [2.24, 2.45) is 0 Å². The third kappa shape index (κ3) is 3.54.